The summed E-state index contributed by atoms with van der Waals surface area (Å²) < 4.78 is 19.8. The van der Waals surface area contributed by atoms with E-state index in [1.807, 2.05) is 18.2 Å². The molecule has 2 aliphatic rings. The summed E-state index contributed by atoms with van der Waals surface area (Å²) in [7, 11) is 0. The standard InChI is InChI=1S/C21H23FN2O2/c1-14-7-8-19(22)20(23-14)21(25)16-9-17-12-26-13-18(10-16)24(17)11-15-5-3-2-4-6-15/h2-8,16-18H,9-13H2,1H3. The molecule has 0 spiro atoms. The van der Waals surface area contributed by atoms with Crippen molar-refractivity contribution in [3.05, 3.63) is 65.2 Å². The molecule has 136 valence electrons. The minimum absolute atomic E-state index is 0.00880. The average molecular weight is 354 g/mol. The van der Waals surface area contributed by atoms with E-state index >= 15 is 0 Å². The third-order valence-electron chi connectivity index (χ3n) is 5.47. The minimum Gasteiger partial charge on any atom is -0.378 e. The maximum atomic E-state index is 14.1. The largest absolute Gasteiger partial charge is 0.378 e. The molecule has 2 saturated heterocycles. The van der Waals surface area contributed by atoms with Crippen LogP contribution in [0.3, 0.4) is 0 Å². The lowest BCUT2D eigenvalue weighted by atomic mass is 9.81. The Morgan fingerprint density at radius 1 is 1.15 bits per heavy atom. The van der Waals surface area contributed by atoms with Crippen LogP contribution in [0.2, 0.25) is 0 Å². The van der Waals surface area contributed by atoms with Gasteiger partial charge in [0, 0.05) is 30.2 Å². The molecule has 2 aliphatic heterocycles. The van der Waals surface area contributed by atoms with Crippen LogP contribution >= 0.6 is 0 Å². The van der Waals surface area contributed by atoms with Gasteiger partial charge in [0.1, 0.15) is 5.69 Å². The Morgan fingerprint density at radius 2 is 1.85 bits per heavy atom. The summed E-state index contributed by atoms with van der Waals surface area (Å²) in [4.78, 5) is 19.5. The van der Waals surface area contributed by atoms with E-state index in [0.29, 0.717) is 31.7 Å². The number of nitrogens with zero attached hydrogens (tertiary/aromatic N) is 2. The molecule has 2 bridgehead atoms. The van der Waals surface area contributed by atoms with Gasteiger partial charge in [0.2, 0.25) is 0 Å². The number of fused-ring (bicyclic) bond motifs is 2. The Labute approximate surface area is 153 Å². The molecule has 2 aromatic rings. The van der Waals surface area contributed by atoms with Crippen LogP contribution in [0.1, 0.15) is 34.6 Å². The van der Waals surface area contributed by atoms with Crippen molar-refractivity contribution in [2.24, 2.45) is 5.92 Å². The van der Waals surface area contributed by atoms with Gasteiger partial charge >= 0.3 is 0 Å². The lowest BCUT2D eigenvalue weighted by Crippen LogP contribution is -2.57. The van der Waals surface area contributed by atoms with Crippen LogP contribution in [0.15, 0.2) is 42.5 Å². The first-order valence-electron chi connectivity index (χ1n) is 9.16. The van der Waals surface area contributed by atoms with Crippen molar-refractivity contribution in [3.8, 4) is 0 Å². The highest BCUT2D eigenvalue weighted by molar-refractivity contribution is 5.96. The molecule has 1 aromatic heterocycles. The SMILES string of the molecule is Cc1ccc(F)c(C(=O)C2CC3COCC(C2)N3Cc2ccccc2)n1. The number of benzene rings is 1. The highest BCUT2D eigenvalue weighted by Gasteiger charge is 2.42. The molecule has 2 atom stereocenters. The maximum absolute atomic E-state index is 14.1. The molecule has 2 fully saturated rings. The van der Waals surface area contributed by atoms with Gasteiger partial charge in [-0.2, -0.15) is 0 Å². The minimum atomic E-state index is -0.520. The van der Waals surface area contributed by atoms with Gasteiger partial charge in [0.15, 0.2) is 11.6 Å². The van der Waals surface area contributed by atoms with Crippen LogP contribution in [-0.2, 0) is 11.3 Å². The molecule has 4 rings (SSSR count). The Morgan fingerprint density at radius 3 is 2.54 bits per heavy atom. The zero-order chi connectivity index (χ0) is 18.1. The van der Waals surface area contributed by atoms with Gasteiger partial charge in [-0.05, 0) is 37.5 Å². The van der Waals surface area contributed by atoms with Crippen molar-refractivity contribution in [1.82, 2.24) is 9.88 Å². The topological polar surface area (TPSA) is 42.4 Å². The number of carbonyl (C=O) groups is 1. The fraction of sp³-hybridized carbons (Fsp3) is 0.429. The lowest BCUT2D eigenvalue weighted by Gasteiger charge is -2.48. The molecular weight excluding hydrogens is 331 g/mol. The molecule has 2 unspecified atom stereocenters. The number of hydrogen-bond donors (Lipinski definition) is 0. The number of carbonyl (C=O) groups excluding carboxylic acids is 1. The molecule has 3 heterocycles. The highest BCUT2D eigenvalue weighted by Crippen LogP contribution is 2.34. The average Bonchev–Trinajstić information content (AvgIpc) is 2.64. The first-order valence-corrected chi connectivity index (χ1v) is 9.16. The lowest BCUT2D eigenvalue weighted by molar-refractivity contribution is -0.0873. The van der Waals surface area contributed by atoms with Crippen LogP contribution < -0.4 is 0 Å². The van der Waals surface area contributed by atoms with Crippen LogP contribution in [0.5, 0.6) is 0 Å². The monoisotopic (exact) mass is 354 g/mol. The van der Waals surface area contributed by atoms with Crippen molar-refractivity contribution in [2.75, 3.05) is 13.2 Å². The maximum Gasteiger partial charge on any atom is 0.187 e. The van der Waals surface area contributed by atoms with Crippen molar-refractivity contribution in [2.45, 2.75) is 38.4 Å². The number of rotatable bonds is 4. The zero-order valence-electron chi connectivity index (χ0n) is 14.9. The summed E-state index contributed by atoms with van der Waals surface area (Å²) in [5.74, 6) is -0.874. The summed E-state index contributed by atoms with van der Waals surface area (Å²) in [6.07, 6.45) is 1.38. The summed E-state index contributed by atoms with van der Waals surface area (Å²) in [5, 5.41) is 0. The molecule has 0 radical (unpaired) electrons. The van der Waals surface area contributed by atoms with Crippen molar-refractivity contribution in [1.29, 1.82) is 0 Å². The van der Waals surface area contributed by atoms with Gasteiger partial charge in [-0.1, -0.05) is 30.3 Å². The molecule has 26 heavy (non-hydrogen) atoms. The van der Waals surface area contributed by atoms with Crippen molar-refractivity contribution >= 4 is 5.78 Å². The third kappa shape index (κ3) is 3.41. The number of pyridine rings is 1. The van der Waals surface area contributed by atoms with Gasteiger partial charge in [0.25, 0.3) is 0 Å². The Hall–Kier alpha value is -2.11. The summed E-state index contributed by atoms with van der Waals surface area (Å²) in [5.41, 5.74) is 1.92. The molecule has 1 aromatic carbocycles. The number of halogens is 1. The number of piperidine rings is 1. The summed E-state index contributed by atoms with van der Waals surface area (Å²) in [6, 6.07) is 13.7. The quantitative estimate of drug-likeness (QED) is 0.790. The van der Waals surface area contributed by atoms with E-state index in [9.17, 15) is 9.18 Å². The summed E-state index contributed by atoms with van der Waals surface area (Å²) >= 11 is 0. The van der Waals surface area contributed by atoms with E-state index in [1.165, 1.54) is 11.6 Å². The molecular formula is C21H23FN2O2. The predicted molar refractivity (Wildman–Crippen MR) is 96.4 cm³/mol. The second kappa shape index (κ2) is 7.25. The Balaban J connectivity index is 1.52. The van der Waals surface area contributed by atoms with Gasteiger partial charge < -0.3 is 4.74 Å². The second-order valence-corrected chi connectivity index (χ2v) is 7.32. The number of hydrogen-bond acceptors (Lipinski definition) is 4. The summed E-state index contributed by atoms with van der Waals surface area (Å²) in [6.45, 7) is 3.88. The van der Waals surface area contributed by atoms with E-state index in [-0.39, 0.29) is 29.5 Å². The number of aromatic nitrogens is 1. The van der Waals surface area contributed by atoms with E-state index in [4.69, 9.17) is 4.74 Å². The number of Topliss-reactive ketones (excluding diaryl/α,β-unsaturated/α-hetero) is 1. The van der Waals surface area contributed by atoms with Gasteiger partial charge in [-0.3, -0.25) is 9.69 Å². The second-order valence-electron chi connectivity index (χ2n) is 7.32. The van der Waals surface area contributed by atoms with Crippen LogP contribution in [0.4, 0.5) is 4.39 Å². The van der Waals surface area contributed by atoms with E-state index in [1.54, 1.807) is 13.0 Å². The fourth-order valence-electron chi connectivity index (χ4n) is 4.16. The van der Waals surface area contributed by atoms with Crippen molar-refractivity contribution in [3.63, 3.8) is 0 Å². The van der Waals surface area contributed by atoms with E-state index in [0.717, 1.165) is 6.54 Å². The third-order valence-corrected chi connectivity index (χ3v) is 5.47. The van der Waals surface area contributed by atoms with Gasteiger partial charge in [0.05, 0.1) is 13.2 Å². The first kappa shape index (κ1) is 17.3. The van der Waals surface area contributed by atoms with E-state index in [2.05, 4.69) is 22.0 Å². The number of aryl methyl sites for hydroxylation is 1. The molecule has 0 saturated carbocycles. The van der Waals surface area contributed by atoms with E-state index < -0.39 is 5.82 Å². The first-order chi connectivity index (χ1) is 12.6. The number of morpholine rings is 1. The van der Waals surface area contributed by atoms with Crippen molar-refractivity contribution < 1.29 is 13.9 Å². The van der Waals surface area contributed by atoms with Crippen LogP contribution in [-0.4, -0.2) is 41.0 Å². The normalized spacial score (nSPS) is 25.8. The van der Waals surface area contributed by atoms with Gasteiger partial charge in [-0.25, -0.2) is 9.37 Å². The molecule has 0 aliphatic carbocycles. The molecule has 0 amide bonds. The molecule has 5 heteroatoms. The van der Waals surface area contributed by atoms with Crippen LogP contribution in [0, 0.1) is 18.7 Å². The molecule has 4 nitrogen and oxygen atoms in total. The molecule has 0 N–H and O–H groups in total. The smallest absolute Gasteiger partial charge is 0.187 e. The fourth-order valence-corrected chi connectivity index (χ4v) is 4.16. The predicted octanol–water partition coefficient (Wildman–Crippen LogP) is 3.39. The van der Waals surface area contributed by atoms with Crippen LogP contribution in [0.25, 0.3) is 0 Å². The Kier molecular flexibility index (Phi) is 4.83. The zero-order valence-corrected chi connectivity index (χ0v) is 14.9. The number of ether oxygens (including phenoxy) is 1. The highest BCUT2D eigenvalue weighted by atomic mass is 19.1. The van der Waals surface area contributed by atoms with Gasteiger partial charge in [-0.15, -0.1) is 0 Å². The number of ketones is 1. The Bertz CT molecular complexity index is 782.